The second-order valence-corrected chi connectivity index (χ2v) is 6.15. The topological polar surface area (TPSA) is 41.1 Å². The number of aryl methyl sites for hydroxylation is 1. The second kappa shape index (κ2) is 6.29. The van der Waals surface area contributed by atoms with Crippen LogP contribution in [0.25, 0.3) is 0 Å². The van der Waals surface area contributed by atoms with Crippen molar-refractivity contribution < 1.29 is 4.79 Å². The zero-order chi connectivity index (χ0) is 14.7. The lowest BCUT2D eigenvalue weighted by Crippen LogP contribution is -2.43. The average molecular weight is 274 g/mol. The summed E-state index contributed by atoms with van der Waals surface area (Å²) in [5.74, 6) is 1.29. The Morgan fingerprint density at radius 2 is 2.00 bits per heavy atom. The molecule has 20 heavy (non-hydrogen) atoms. The summed E-state index contributed by atoms with van der Waals surface area (Å²) >= 11 is 0. The summed E-state index contributed by atoms with van der Waals surface area (Å²) < 4.78 is 0. The van der Waals surface area contributed by atoms with Gasteiger partial charge >= 0.3 is 0 Å². The van der Waals surface area contributed by atoms with E-state index in [1.165, 1.54) is 12.8 Å². The molecule has 0 radical (unpaired) electrons. The van der Waals surface area contributed by atoms with Crippen molar-refractivity contribution in [2.45, 2.75) is 46.1 Å². The predicted molar refractivity (Wildman–Crippen MR) is 84.2 cm³/mol. The molecule has 0 saturated heterocycles. The van der Waals surface area contributed by atoms with Gasteiger partial charge in [0, 0.05) is 18.8 Å². The van der Waals surface area contributed by atoms with Crippen LogP contribution in [-0.2, 0) is 0 Å². The maximum absolute atomic E-state index is 12.5. The number of hydrogen-bond donors (Lipinski definition) is 2. The molecule has 0 aliphatic heterocycles. The molecule has 1 amide bonds. The zero-order valence-electron chi connectivity index (χ0n) is 13.0. The molecule has 0 heterocycles. The van der Waals surface area contributed by atoms with Gasteiger partial charge in [0.15, 0.2) is 0 Å². The van der Waals surface area contributed by atoms with Crippen molar-refractivity contribution >= 4 is 11.6 Å². The minimum Gasteiger partial charge on any atom is -0.387 e. The SMILES string of the molecule is CNc1ccc(C)cc1C(=O)NC1CCCC(C)C1C. The van der Waals surface area contributed by atoms with Gasteiger partial charge in [-0.2, -0.15) is 0 Å². The van der Waals surface area contributed by atoms with Crippen LogP contribution in [-0.4, -0.2) is 19.0 Å². The Balaban J connectivity index is 2.13. The zero-order valence-corrected chi connectivity index (χ0v) is 13.0. The normalized spacial score (nSPS) is 26.1. The summed E-state index contributed by atoms with van der Waals surface area (Å²) in [7, 11) is 1.85. The molecule has 0 aromatic heterocycles. The van der Waals surface area contributed by atoms with Crippen LogP contribution < -0.4 is 10.6 Å². The molecule has 3 nitrogen and oxygen atoms in total. The molecule has 3 unspecified atom stereocenters. The van der Waals surface area contributed by atoms with Crippen molar-refractivity contribution in [3.05, 3.63) is 29.3 Å². The van der Waals surface area contributed by atoms with E-state index in [0.717, 1.165) is 23.2 Å². The van der Waals surface area contributed by atoms with Gasteiger partial charge in [-0.15, -0.1) is 0 Å². The second-order valence-electron chi connectivity index (χ2n) is 6.15. The van der Waals surface area contributed by atoms with Crippen molar-refractivity contribution in [1.29, 1.82) is 0 Å². The predicted octanol–water partition coefficient (Wildman–Crippen LogP) is 3.59. The molecule has 1 aromatic carbocycles. The number of rotatable bonds is 3. The van der Waals surface area contributed by atoms with Gasteiger partial charge in [0.05, 0.1) is 5.56 Å². The third-order valence-corrected chi connectivity index (χ3v) is 4.71. The van der Waals surface area contributed by atoms with E-state index in [2.05, 4.69) is 24.5 Å². The summed E-state index contributed by atoms with van der Waals surface area (Å²) in [4.78, 5) is 12.5. The van der Waals surface area contributed by atoms with Crippen molar-refractivity contribution in [2.24, 2.45) is 11.8 Å². The molecule has 0 spiro atoms. The lowest BCUT2D eigenvalue weighted by molar-refractivity contribution is 0.0892. The van der Waals surface area contributed by atoms with Gasteiger partial charge in [0.1, 0.15) is 0 Å². The Bertz CT molecular complexity index is 484. The molecule has 1 fully saturated rings. The highest BCUT2D eigenvalue weighted by Crippen LogP contribution is 2.30. The van der Waals surface area contributed by atoms with Gasteiger partial charge in [-0.05, 0) is 37.3 Å². The summed E-state index contributed by atoms with van der Waals surface area (Å²) in [6.45, 7) is 6.56. The van der Waals surface area contributed by atoms with Crippen LogP contribution in [0.15, 0.2) is 18.2 Å². The maximum Gasteiger partial charge on any atom is 0.253 e. The van der Waals surface area contributed by atoms with Crippen molar-refractivity contribution in [3.8, 4) is 0 Å². The molecule has 3 heteroatoms. The molecule has 1 aliphatic rings. The molecular formula is C17H26N2O. The largest absolute Gasteiger partial charge is 0.387 e. The first-order valence-corrected chi connectivity index (χ1v) is 7.62. The third kappa shape index (κ3) is 3.14. The minimum atomic E-state index is 0.0454. The molecule has 2 rings (SSSR count). The smallest absolute Gasteiger partial charge is 0.253 e. The van der Waals surface area contributed by atoms with Crippen molar-refractivity contribution in [1.82, 2.24) is 5.32 Å². The Morgan fingerprint density at radius 3 is 2.70 bits per heavy atom. The number of benzene rings is 1. The van der Waals surface area contributed by atoms with Crippen LogP contribution in [0.4, 0.5) is 5.69 Å². The molecule has 1 aromatic rings. The molecule has 110 valence electrons. The van der Waals surface area contributed by atoms with E-state index < -0.39 is 0 Å². The van der Waals surface area contributed by atoms with Crippen LogP contribution in [0.2, 0.25) is 0 Å². The number of amides is 1. The van der Waals surface area contributed by atoms with Gasteiger partial charge < -0.3 is 10.6 Å². The quantitative estimate of drug-likeness (QED) is 0.884. The van der Waals surface area contributed by atoms with E-state index in [9.17, 15) is 4.79 Å². The van der Waals surface area contributed by atoms with Crippen molar-refractivity contribution in [2.75, 3.05) is 12.4 Å². The summed E-state index contributed by atoms with van der Waals surface area (Å²) in [5, 5.41) is 6.34. The van der Waals surface area contributed by atoms with E-state index in [0.29, 0.717) is 17.9 Å². The summed E-state index contributed by atoms with van der Waals surface area (Å²) in [6.07, 6.45) is 3.58. The van der Waals surface area contributed by atoms with Gasteiger partial charge in [-0.25, -0.2) is 0 Å². The number of anilines is 1. The number of nitrogens with one attached hydrogen (secondary N) is 2. The Morgan fingerprint density at radius 1 is 1.25 bits per heavy atom. The van der Waals surface area contributed by atoms with E-state index in [-0.39, 0.29) is 5.91 Å². The highest BCUT2D eigenvalue weighted by atomic mass is 16.1. The highest BCUT2D eigenvalue weighted by Gasteiger charge is 2.28. The highest BCUT2D eigenvalue weighted by molar-refractivity contribution is 6.00. The Kier molecular flexibility index (Phi) is 4.69. The Hall–Kier alpha value is -1.51. The van der Waals surface area contributed by atoms with Gasteiger partial charge in [-0.3, -0.25) is 4.79 Å². The van der Waals surface area contributed by atoms with Crippen LogP contribution >= 0.6 is 0 Å². The molecule has 2 N–H and O–H groups in total. The summed E-state index contributed by atoms with van der Waals surface area (Å²) in [6, 6.07) is 6.25. The van der Waals surface area contributed by atoms with Gasteiger partial charge in [0.2, 0.25) is 0 Å². The number of carbonyl (C=O) groups excluding carboxylic acids is 1. The fourth-order valence-electron chi connectivity index (χ4n) is 3.10. The number of carbonyl (C=O) groups is 1. The van der Waals surface area contributed by atoms with E-state index in [1.807, 2.05) is 32.2 Å². The van der Waals surface area contributed by atoms with E-state index in [1.54, 1.807) is 0 Å². The van der Waals surface area contributed by atoms with Crippen LogP contribution in [0, 0.1) is 18.8 Å². The standard InChI is InChI=1S/C17H26N2O/c1-11-8-9-16(18-4)14(10-11)17(20)19-15-7-5-6-12(2)13(15)3/h8-10,12-13,15,18H,5-7H2,1-4H3,(H,19,20). The number of hydrogen-bond acceptors (Lipinski definition) is 2. The molecule has 3 atom stereocenters. The first-order valence-electron chi connectivity index (χ1n) is 7.62. The first-order chi connectivity index (χ1) is 9.52. The molecular weight excluding hydrogens is 248 g/mol. The van der Waals surface area contributed by atoms with Crippen LogP contribution in [0.1, 0.15) is 49.0 Å². The first kappa shape index (κ1) is 14.9. The minimum absolute atomic E-state index is 0.0454. The van der Waals surface area contributed by atoms with E-state index in [4.69, 9.17) is 0 Å². The molecule has 0 bridgehead atoms. The monoisotopic (exact) mass is 274 g/mol. The average Bonchev–Trinajstić information content (AvgIpc) is 2.43. The third-order valence-electron chi connectivity index (χ3n) is 4.71. The molecule has 1 saturated carbocycles. The maximum atomic E-state index is 12.5. The molecule has 1 aliphatic carbocycles. The van der Waals surface area contributed by atoms with E-state index >= 15 is 0 Å². The van der Waals surface area contributed by atoms with Crippen LogP contribution in [0.5, 0.6) is 0 Å². The van der Waals surface area contributed by atoms with Gasteiger partial charge in [0.25, 0.3) is 5.91 Å². The van der Waals surface area contributed by atoms with Gasteiger partial charge in [-0.1, -0.05) is 38.3 Å². The fourth-order valence-corrected chi connectivity index (χ4v) is 3.10. The van der Waals surface area contributed by atoms with Crippen LogP contribution in [0.3, 0.4) is 0 Å². The Labute approximate surface area is 122 Å². The lowest BCUT2D eigenvalue weighted by atomic mass is 9.78. The van der Waals surface area contributed by atoms with Crippen molar-refractivity contribution in [3.63, 3.8) is 0 Å². The lowest BCUT2D eigenvalue weighted by Gasteiger charge is -2.34. The summed E-state index contributed by atoms with van der Waals surface area (Å²) in [5.41, 5.74) is 2.75. The fraction of sp³-hybridized carbons (Fsp3) is 0.588.